The van der Waals surface area contributed by atoms with Gasteiger partial charge in [0.15, 0.2) is 0 Å². The summed E-state index contributed by atoms with van der Waals surface area (Å²) in [6.07, 6.45) is 3.75. The molecule has 0 saturated carbocycles. The molecule has 4 heteroatoms. The number of nitrogens with one attached hydrogen (secondary N) is 1. The van der Waals surface area contributed by atoms with E-state index in [4.69, 9.17) is 0 Å². The van der Waals surface area contributed by atoms with Gasteiger partial charge in [-0.1, -0.05) is 0 Å². The molecular formula is C9H15N3O. The average Bonchev–Trinajstić information content (AvgIpc) is 2.29. The van der Waals surface area contributed by atoms with Crippen LogP contribution in [0.25, 0.3) is 0 Å². The van der Waals surface area contributed by atoms with Gasteiger partial charge >= 0.3 is 5.69 Å². The molecule has 0 unspecified atom stereocenters. The second-order valence-electron chi connectivity index (χ2n) is 3.80. The second-order valence-corrected chi connectivity index (χ2v) is 3.80. The van der Waals surface area contributed by atoms with Crippen molar-refractivity contribution in [2.24, 2.45) is 0 Å². The van der Waals surface area contributed by atoms with Crippen LogP contribution >= 0.6 is 0 Å². The lowest BCUT2D eigenvalue weighted by Crippen LogP contribution is -2.46. The summed E-state index contributed by atoms with van der Waals surface area (Å²) in [6, 6.07) is 0.620. The van der Waals surface area contributed by atoms with E-state index in [9.17, 15) is 4.79 Å². The van der Waals surface area contributed by atoms with E-state index in [-0.39, 0.29) is 11.7 Å². The van der Waals surface area contributed by atoms with Crippen LogP contribution in [0.1, 0.15) is 25.9 Å². The minimum atomic E-state index is 0.113. The number of nitrogens with zero attached hydrogens (tertiary/aromatic N) is 2. The molecule has 1 aromatic heterocycles. The van der Waals surface area contributed by atoms with E-state index in [0.717, 1.165) is 13.1 Å². The molecule has 1 aliphatic rings. The lowest BCUT2D eigenvalue weighted by molar-refractivity contribution is 0.332. The molecule has 1 aromatic rings. The lowest BCUT2D eigenvalue weighted by Gasteiger charge is -2.27. The molecule has 2 heterocycles. The van der Waals surface area contributed by atoms with Gasteiger partial charge in [0, 0.05) is 31.5 Å². The predicted molar refractivity (Wildman–Crippen MR) is 51.0 cm³/mol. The summed E-state index contributed by atoms with van der Waals surface area (Å²) in [6.45, 7) is 5.87. The maximum atomic E-state index is 11.7. The fraction of sp³-hybridized carbons (Fsp3) is 0.667. The van der Waals surface area contributed by atoms with Gasteiger partial charge in [-0.25, -0.2) is 4.79 Å². The Kier molecular flexibility index (Phi) is 2.00. The lowest BCUT2D eigenvalue weighted by atomic mass is 10.2. The molecule has 2 rings (SSSR count). The fourth-order valence-electron chi connectivity index (χ4n) is 1.55. The quantitative estimate of drug-likeness (QED) is 0.716. The van der Waals surface area contributed by atoms with E-state index in [1.54, 1.807) is 4.57 Å². The first-order valence-electron chi connectivity index (χ1n) is 4.70. The Morgan fingerprint density at radius 1 is 1.46 bits per heavy atom. The van der Waals surface area contributed by atoms with Crippen molar-refractivity contribution in [1.82, 2.24) is 14.5 Å². The Hall–Kier alpha value is -1.03. The minimum Gasteiger partial charge on any atom is -0.313 e. The van der Waals surface area contributed by atoms with E-state index in [1.165, 1.54) is 0 Å². The Morgan fingerprint density at radius 3 is 2.54 bits per heavy atom. The molecule has 4 nitrogen and oxygen atoms in total. The molecule has 1 saturated heterocycles. The zero-order valence-corrected chi connectivity index (χ0v) is 8.03. The molecule has 0 aliphatic carbocycles. The highest BCUT2D eigenvalue weighted by Crippen LogP contribution is 2.09. The number of rotatable bonds is 2. The molecule has 1 aliphatic heterocycles. The summed E-state index contributed by atoms with van der Waals surface area (Å²) in [5, 5.41) is 3.16. The van der Waals surface area contributed by atoms with Crippen molar-refractivity contribution in [2.45, 2.75) is 25.9 Å². The SMILES string of the molecule is CC(C)n1ccn(C2CNC2)c1=O. The van der Waals surface area contributed by atoms with Gasteiger partial charge in [0.05, 0.1) is 6.04 Å². The normalized spacial score (nSPS) is 17.8. The van der Waals surface area contributed by atoms with Crippen molar-refractivity contribution >= 4 is 0 Å². The molecule has 0 spiro atoms. The molecule has 72 valence electrons. The first-order valence-corrected chi connectivity index (χ1v) is 4.70. The van der Waals surface area contributed by atoms with Crippen LogP contribution < -0.4 is 11.0 Å². The van der Waals surface area contributed by atoms with E-state index in [0.29, 0.717) is 6.04 Å². The Balaban J connectivity index is 2.32. The standard InChI is InChI=1S/C9H15N3O/c1-7(2)11-3-4-12(9(11)13)8-5-10-6-8/h3-4,7-8,10H,5-6H2,1-2H3. The third-order valence-electron chi connectivity index (χ3n) is 2.54. The van der Waals surface area contributed by atoms with E-state index < -0.39 is 0 Å². The van der Waals surface area contributed by atoms with Crippen LogP contribution in [0.15, 0.2) is 17.2 Å². The van der Waals surface area contributed by atoms with Crippen molar-refractivity contribution in [3.8, 4) is 0 Å². The molecule has 0 radical (unpaired) electrons. The Morgan fingerprint density at radius 2 is 2.15 bits per heavy atom. The summed E-state index contributed by atoms with van der Waals surface area (Å²) in [5.74, 6) is 0. The molecule has 0 aromatic carbocycles. The van der Waals surface area contributed by atoms with Gasteiger partial charge in [0.25, 0.3) is 0 Å². The van der Waals surface area contributed by atoms with Gasteiger partial charge in [-0.2, -0.15) is 0 Å². The van der Waals surface area contributed by atoms with Crippen LogP contribution in [-0.4, -0.2) is 22.2 Å². The van der Waals surface area contributed by atoms with E-state index >= 15 is 0 Å². The Labute approximate surface area is 77.2 Å². The zero-order chi connectivity index (χ0) is 9.42. The number of aromatic nitrogens is 2. The fourth-order valence-corrected chi connectivity index (χ4v) is 1.55. The van der Waals surface area contributed by atoms with Crippen molar-refractivity contribution in [2.75, 3.05) is 13.1 Å². The van der Waals surface area contributed by atoms with E-state index in [1.807, 2.05) is 30.8 Å². The molecular weight excluding hydrogens is 166 g/mol. The zero-order valence-electron chi connectivity index (χ0n) is 8.03. The monoisotopic (exact) mass is 181 g/mol. The third kappa shape index (κ3) is 1.31. The van der Waals surface area contributed by atoms with Gasteiger partial charge < -0.3 is 5.32 Å². The summed E-state index contributed by atoms with van der Waals surface area (Å²) in [5.41, 5.74) is 0.113. The highest BCUT2D eigenvalue weighted by molar-refractivity contribution is 4.91. The number of imidazole rings is 1. The summed E-state index contributed by atoms with van der Waals surface area (Å²) in [7, 11) is 0. The van der Waals surface area contributed by atoms with Crippen LogP contribution in [-0.2, 0) is 0 Å². The second kappa shape index (κ2) is 3.03. The van der Waals surface area contributed by atoms with Crippen molar-refractivity contribution < 1.29 is 0 Å². The number of hydrogen-bond acceptors (Lipinski definition) is 2. The average molecular weight is 181 g/mol. The predicted octanol–water partition coefficient (Wildman–Crippen LogP) is 0.375. The molecule has 0 amide bonds. The molecule has 1 fully saturated rings. The Bertz CT molecular complexity index is 346. The maximum Gasteiger partial charge on any atom is 0.328 e. The molecule has 13 heavy (non-hydrogen) atoms. The van der Waals surface area contributed by atoms with Crippen molar-refractivity contribution in [1.29, 1.82) is 0 Å². The third-order valence-corrected chi connectivity index (χ3v) is 2.54. The van der Waals surface area contributed by atoms with E-state index in [2.05, 4.69) is 5.32 Å². The molecule has 1 N–H and O–H groups in total. The summed E-state index contributed by atoms with van der Waals surface area (Å²) in [4.78, 5) is 11.7. The van der Waals surface area contributed by atoms with Crippen LogP contribution in [0.4, 0.5) is 0 Å². The van der Waals surface area contributed by atoms with Crippen molar-refractivity contribution in [3.63, 3.8) is 0 Å². The van der Waals surface area contributed by atoms with Gasteiger partial charge in [0.1, 0.15) is 0 Å². The van der Waals surface area contributed by atoms with Gasteiger partial charge in [0.2, 0.25) is 0 Å². The highest BCUT2D eigenvalue weighted by Gasteiger charge is 2.21. The topological polar surface area (TPSA) is 39.0 Å². The molecule has 0 atom stereocenters. The van der Waals surface area contributed by atoms with Crippen LogP contribution in [0.2, 0.25) is 0 Å². The first kappa shape index (κ1) is 8.56. The first-order chi connectivity index (χ1) is 6.20. The largest absolute Gasteiger partial charge is 0.328 e. The minimum absolute atomic E-state index is 0.113. The summed E-state index contributed by atoms with van der Waals surface area (Å²) >= 11 is 0. The maximum absolute atomic E-state index is 11.7. The van der Waals surface area contributed by atoms with Crippen LogP contribution in [0.5, 0.6) is 0 Å². The smallest absolute Gasteiger partial charge is 0.313 e. The molecule has 0 bridgehead atoms. The highest BCUT2D eigenvalue weighted by atomic mass is 16.1. The van der Waals surface area contributed by atoms with Gasteiger partial charge in [-0.3, -0.25) is 9.13 Å². The van der Waals surface area contributed by atoms with Crippen LogP contribution in [0.3, 0.4) is 0 Å². The van der Waals surface area contributed by atoms with Crippen molar-refractivity contribution in [3.05, 3.63) is 22.9 Å². The summed E-state index contributed by atoms with van der Waals surface area (Å²) < 4.78 is 3.58. The van der Waals surface area contributed by atoms with Gasteiger partial charge in [-0.15, -0.1) is 0 Å². The number of hydrogen-bond donors (Lipinski definition) is 1. The van der Waals surface area contributed by atoms with Crippen LogP contribution in [0, 0.1) is 0 Å². The van der Waals surface area contributed by atoms with Gasteiger partial charge in [-0.05, 0) is 13.8 Å².